The van der Waals surface area contributed by atoms with Gasteiger partial charge in [-0.2, -0.15) is 0 Å². The monoisotopic (exact) mass is 341 g/mol. The Morgan fingerprint density at radius 2 is 1.76 bits per heavy atom. The molecule has 1 heterocycles. The van der Waals surface area contributed by atoms with Crippen LogP contribution >= 0.6 is 0 Å². The molecule has 2 atom stereocenters. The maximum absolute atomic E-state index is 12.4. The third-order valence-corrected chi connectivity index (χ3v) is 4.90. The van der Waals surface area contributed by atoms with Crippen molar-refractivity contribution in [2.45, 2.75) is 19.8 Å². The summed E-state index contributed by atoms with van der Waals surface area (Å²) in [5, 5.41) is 2.81. The van der Waals surface area contributed by atoms with Gasteiger partial charge in [-0.1, -0.05) is 12.2 Å². The number of carbonyl (C=O) groups is 3. The van der Waals surface area contributed by atoms with E-state index in [2.05, 4.69) is 5.32 Å². The molecule has 3 rings (SSSR count). The summed E-state index contributed by atoms with van der Waals surface area (Å²) in [7, 11) is 3.90. The van der Waals surface area contributed by atoms with Gasteiger partial charge >= 0.3 is 0 Å². The molecule has 1 fully saturated rings. The molecule has 6 heteroatoms. The van der Waals surface area contributed by atoms with Crippen molar-refractivity contribution in [3.8, 4) is 0 Å². The molecule has 0 saturated carbocycles. The van der Waals surface area contributed by atoms with Crippen LogP contribution in [0.15, 0.2) is 30.4 Å². The minimum absolute atomic E-state index is 0.223. The number of hydrogen-bond acceptors (Lipinski definition) is 4. The van der Waals surface area contributed by atoms with Crippen LogP contribution in [-0.2, 0) is 14.4 Å². The van der Waals surface area contributed by atoms with Crippen LogP contribution < -0.4 is 10.2 Å². The molecule has 6 nitrogen and oxygen atoms in total. The quantitative estimate of drug-likeness (QED) is 0.671. The van der Waals surface area contributed by atoms with Crippen molar-refractivity contribution in [3.05, 3.63) is 35.9 Å². The second kappa shape index (κ2) is 6.70. The molecule has 1 aliphatic heterocycles. The number of hydrogen-bond donors (Lipinski definition) is 1. The molecule has 2 aliphatic rings. The summed E-state index contributed by atoms with van der Waals surface area (Å²) in [5.74, 6) is -1.41. The number of nitrogens with one attached hydrogen (secondary N) is 1. The highest BCUT2D eigenvalue weighted by Crippen LogP contribution is 2.34. The number of rotatable bonds is 4. The zero-order valence-electron chi connectivity index (χ0n) is 14.8. The minimum Gasteiger partial charge on any atom is -0.378 e. The minimum atomic E-state index is -0.353. The van der Waals surface area contributed by atoms with E-state index >= 15 is 0 Å². The number of carbonyl (C=O) groups excluding carboxylic acids is 3. The molecule has 1 aromatic carbocycles. The number of benzene rings is 1. The predicted octanol–water partition coefficient (Wildman–Crippen LogP) is 1.95. The van der Waals surface area contributed by atoms with Crippen LogP contribution in [0.2, 0.25) is 0 Å². The SMILES string of the molecule is Cc1cc(N(C)C)ccc1NC(=O)CN1C(=O)[C@H]2CC=CC[C@H]2C1=O. The van der Waals surface area contributed by atoms with Gasteiger partial charge in [0.2, 0.25) is 17.7 Å². The highest BCUT2D eigenvalue weighted by molar-refractivity contribution is 6.09. The Kier molecular flexibility index (Phi) is 4.61. The third-order valence-electron chi connectivity index (χ3n) is 4.90. The van der Waals surface area contributed by atoms with Gasteiger partial charge in [-0.3, -0.25) is 19.3 Å². The van der Waals surface area contributed by atoms with Crippen molar-refractivity contribution in [3.63, 3.8) is 0 Å². The fourth-order valence-electron chi connectivity index (χ4n) is 3.42. The number of amides is 3. The van der Waals surface area contributed by atoms with E-state index in [9.17, 15) is 14.4 Å². The van der Waals surface area contributed by atoms with Crippen LogP contribution in [0.25, 0.3) is 0 Å². The number of allylic oxidation sites excluding steroid dienone is 2. The molecular formula is C19H23N3O3. The predicted molar refractivity (Wildman–Crippen MR) is 96.2 cm³/mol. The smallest absolute Gasteiger partial charge is 0.244 e. The molecule has 0 bridgehead atoms. The summed E-state index contributed by atoms with van der Waals surface area (Å²) in [6, 6.07) is 5.72. The number of aryl methyl sites for hydroxylation is 1. The molecule has 0 radical (unpaired) electrons. The molecule has 25 heavy (non-hydrogen) atoms. The first kappa shape index (κ1) is 17.2. The van der Waals surface area contributed by atoms with E-state index in [4.69, 9.17) is 0 Å². The van der Waals surface area contributed by atoms with E-state index in [1.165, 1.54) is 0 Å². The Bertz CT molecular complexity index is 728. The lowest BCUT2D eigenvalue weighted by Crippen LogP contribution is -2.38. The van der Waals surface area contributed by atoms with Crippen molar-refractivity contribution in [1.82, 2.24) is 4.90 Å². The number of nitrogens with zero attached hydrogens (tertiary/aromatic N) is 2. The fourth-order valence-corrected chi connectivity index (χ4v) is 3.42. The van der Waals surface area contributed by atoms with Gasteiger partial charge in [0.05, 0.1) is 11.8 Å². The van der Waals surface area contributed by atoms with E-state index in [1.54, 1.807) is 0 Å². The molecule has 1 N–H and O–H groups in total. The number of imide groups is 1. The van der Waals surface area contributed by atoms with Crippen LogP contribution in [-0.4, -0.2) is 43.3 Å². The fraction of sp³-hybridized carbons (Fsp3) is 0.421. The van der Waals surface area contributed by atoms with Gasteiger partial charge in [0.1, 0.15) is 6.54 Å². The summed E-state index contributed by atoms with van der Waals surface area (Å²) < 4.78 is 0. The lowest BCUT2D eigenvalue weighted by molar-refractivity contribution is -0.142. The van der Waals surface area contributed by atoms with Gasteiger partial charge in [0, 0.05) is 25.5 Å². The van der Waals surface area contributed by atoms with Gasteiger partial charge in [-0.15, -0.1) is 0 Å². The van der Waals surface area contributed by atoms with Gasteiger partial charge in [0.25, 0.3) is 0 Å². The van der Waals surface area contributed by atoms with Crippen molar-refractivity contribution in [2.75, 3.05) is 30.9 Å². The van der Waals surface area contributed by atoms with Gasteiger partial charge < -0.3 is 10.2 Å². The summed E-state index contributed by atoms with van der Waals surface area (Å²) in [6.07, 6.45) is 5.04. The van der Waals surface area contributed by atoms with Crippen molar-refractivity contribution < 1.29 is 14.4 Å². The molecule has 0 aromatic heterocycles. The highest BCUT2D eigenvalue weighted by Gasteiger charge is 2.47. The number of fused-ring (bicyclic) bond motifs is 1. The van der Waals surface area contributed by atoms with E-state index in [-0.39, 0.29) is 36.1 Å². The molecule has 0 spiro atoms. The first-order valence-electron chi connectivity index (χ1n) is 8.46. The zero-order chi connectivity index (χ0) is 18.1. The average molecular weight is 341 g/mol. The summed E-state index contributed by atoms with van der Waals surface area (Å²) in [6.45, 7) is 1.69. The molecule has 132 valence electrons. The van der Waals surface area contributed by atoms with Gasteiger partial charge in [-0.25, -0.2) is 0 Å². The molecule has 3 amide bonds. The Labute approximate surface area is 147 Å². The maximum atomic E-state index is 12.4. The van der Waals surface area contributed by atoms with Crippen LogP contribution in [0, 0.1) is 18.8 Å². The summed E-state index contributed by atoms with van der Waals surface area (Å²) >= 11 is 0. The lowest BCUT2D eigenvalue weighted by atomic mass is 9.85. The first-order valence-corrected chi connectivity index (χ1v) is 8.46. The van der Waals surface area contributed by atoms with Crippen molar-refractivity contribution >= 4 is 29.1 Å². The summed E-state index contributed by atoms with van der Waals surface area (Å²) in [5.41, 5.74) is 2.65. The second-order valence-electron chi connectivity index (χ2n) is 6.86. The van der Waals surface area contributed by atoms with E-state index in [1.807, 2.05) is 56.3 Å². The third kappa shape index (κ3) is 3.29. The van der Waals surface area contributed by atoms with Gasteiger partial charge in [-0.05, 0) is 43.5 Å². The topological polar surface area (TPSA) is 69.7 Å². The summed E-state index contributed by atoms with van der Waals surface area (Å²) in [4.78, 5) is 40.3. The standard InChI is InChI=1S/C19H23N3O3/c1-12-10-13(21(2)3)8-9-16(12)20-17(23)11-22-18(24)14-6-4-5-7-15(14)19(22)25/h4-5,8-10,14-15H,6-7,11H2,1-3H3,(H,20,23)/t14-,15+. The normalized spacial score (nSPS) is 22.1. The van der Waals surface area contributed by atoms with E-state index < -0.39 is 0 Å². The van der Waals surface area contributed by atoms with E-state index in [0.29, 0.717) is 18.5 Å². The number of likely N-dealkylation sites (tertiary alicyclic amines) is 1. The molecule has 1 saturated heterocycles. The van der Waals surface area contributed by atoms with Crippen LogP contribution in [0.1, 0.15) is 18.4 Å². The van der Waals surface area contributed by atoms with Crippen LogP contribution in [0.5, 0.6) is 0 Å². The second-order valence-corrected chi connectivity index (χ2v) is 6.86. The Hall–Kier alpha value is -2.63. The Balaban J connectivity index is 1.67. The Morgan fingerprint density at radius 1 is 1.16 bits per heavy atom. The van der Waals surface area contributed by atoms with Crippen LogP contribution in [0.3, 0.4) is 0 Å². The van der Waals surface area contributed by atoms with E-state index in [0.717, 1.165) is 16.2 Å². The highest BCUT2D eigenvalue weighted by atomic mass is 16.2. The average Bonchev–Trinajstić information content (AvgIpc) is 2.82. The largest absolute Gasteiger partial charge is 0.378 e. The lowest BCUT2D eigenvalue weighted by Gasteiger charge is -2.17. The Morgan fingerprint density at radius 3 is 2.28 bits per heavy atom. The first-order chi connectivity index (χ1) is 11.9. The number of anilines is 2. The molecule has 1 aromatic rings. The molecule has 1 aliphatic carbocycles. The van der Waals surface area contributed by atoms with Crippen molar-refractivity contribution in [2.24, 2.45) is 11.8 Å². The van der Waals surface area contributed by atoms with Crippen LogP contribution in [0.4, 0.5) is 11.4 Å². The maximum Gasteiger partial charge on any atom is 0.244 e. The van der Waals surface area contributed by atoms with Crippen molar-refractivity contribution in [1.29, 1.82) is 0 Å². The van der Waals surface area contributed by atoms with Gasteiger partial charge in [0.15, 0.2) is 0 Å². The molecule has 0 unspecified atom stereocenters. The zero-order valence-corrected chi connectivity index (χ0v) is 14.8. The molecular weight excluding hydrogens is 318 g/mol.